The molecule has 2 aromatic rings. The molecule has 1 aromatic heterocycles. The van der Waals surface area contributed by atoms with E-state index >= 15 is 0 Å². The number of benzene rings is 1. The van der Waals surface area contributed by atoms with E-state index in [1.165, 1.54) is 17.0 Å². The van der Waals surface area contributed by atoms with E-state index in [1.54, 1.807) is 13.1 Å². The highest BCUT2D eigenvalue weighted by atomic mass is 19.4. The zero-order chi connectivity index (χ0) is 14.9. The van der Waals surface area contributed by atoms with E-state index in [2.05, 4.69) is 4.98 Å². The zero-order valence-corrected chi connectivity index (χ0v) is 10.6. The number of carbonyl (C=O) groups excluding carboxylic acids is 1. The normalized spacial score (nSPS) is 11.6. The maximum Gasteiger partial charge on any atom is 0.416 e. The number of carbonyl (C=O) groups is 1. The fourth-order valence-electron chi connectivity index (χ4n) is 1.85. The van der Waals surface area contributed by atoms with E-state index in [0.717, 1.165) is 12.1 Å². The van der Waals surface area contributed by atoms with Crippen molar-refractivity contribution < 1.29 is 18.0 Å². The Kier molecular flexibility index (Phi) is 3.52. The molecule has 1 aromatic carbocycles. The number of nitrogens with zero attached hydrogens (tertiary/aromatic N) is 2. The lowest BCUT2D eigenvalue weighted by molar-refractivity contribution is -0.137. The van der Waals surface area contributed by atoms with Gasteiger partial charge in [0.15, 0.2) is 0 Å². The van der Waals surface area contributed by atoms with Crippen LogP contribution < -0.4 is 5.73 Å². The summed E-state index contributed by atoms with van der Waals surface area (Å²) in [5.41, 5.74) is 5.40. The predicted molar refractivity (Wildman–Crippen MR) is 66.2 cm³/mol. The summed E-state index contributed by atoms with van der Waals surface area (Å²) in [6.07, 6.45) is -1.72. The van der Waals surface area contributed by atoms with Crippen LogP contribution in [0.5, 0.6) is 0 Å². The van der Waals surface area contributed by atoms with Gasteiger partial charge in [-0.1, -0.05) is 0 Å². The van der Waals surface area contributed by atoms with Gasteiger partial charge >= 0.3 is 6.18 Å². The molecule has 106 valence electrons. The van der Waals surface area contributed by atoms with E-state index in [-0.39, 0.29) is 17.7 Å². The summed E-state index contributed by atoms with van der Waals surface area (Å²) in [5, 5.41) is 0. The zero-order valence-electron chi connectivity index (χ0n) is 10.6. The second-order valence-electron chi connectivity index (χ2n) is 4.45. The number of hydrogen-bond acceptors (Lipinski definition) is 2. The van der Waals surface area contributed by atoms with Crippen molar-refractivity contribution in [2.24, 2.45) is 5.73 Å². The molecule has 0 aliphatic heterocycles. The van der Waals surface area contributed by atoms with Crippen LogP contribution in [0.3, 0.4) is 0 Å². The Labute approximate surface area is 113 Å². The lowest BCUT2D eigenvalue weighted by Crippen LogP contribution is -2.15. The van der Waals surface area contributed by atoms with E-state index < -0.39 is 17.6 Å². The van der Waals surface area contributed by atoms with Crippen LogP contribution in [0.15, 0.2) is 30.7 Å². The van der Waals surface area contributed by atoms with Gasteiger partial charge in [0.2, 0.25) is 5.91 Å². The van der Waals surface area contributed by atoms with Gasteiger partial charge in [0.05, 0.1) is 24.0 Å². The molecule has 0 radical (unpaired) electrons. The Hall–Kier alpha value is -2.31. The number of halogens is 3. The van der Waals surface area contributed by atoms with Crippen LogP contribution in [-0.2, 0) is 17.4 Å². The van der Waals surface area contributed by atoms with Crippen LogP contribution >= 0.6 is 0 Å². The fraction of sp³-hybridized carbons (Fsp3) is 0.231. The van der Waals surface area contributed by atoms with Crippen molar-refractivity contribution in [3.05, 3.63) is 47.5 Å². The highest BCUT2D eigenvalue weighted by Gasteiger charge is 2.31. The minimum atomic E-state index is -4.49. The molecule has 0 aliphatic carbocycles. The summed E-state index contributed by atoms with van der Waals surface area (Å²) in [4.78, 5) is 14.9. The number of nitrogens with two attached hydrogens (primary N) is 1. The standard InChI is InChI=1S/C13H12F3N3O/c1-8-6-19(7-18-8)11-3-9(4-12(17)20)2-10(5-11)13(14,15)16/h2-3,5-7H,4H2,1H3,(H2,17,20). The second kappa shape index (κ2) is 4.99. The van der Waals surface area contributed by atoms with Crippen molar-refractivity contribution in [1.82, 2.24) is 9.55 Å². The Morgan fingerprint density at radius 2 is 2.05 bits per heavy atom. The molecule has 2 N–H and O–H groups in total. The number of rotatable bonds is 3. The van der Waals surface area contributed by atoms with Crippen molar-refractivity contribution in [2.75, 3.05) is 0 Å². The average Bonchev–Trinajstić information content (AvgIpc) is 2.73. The molecule has 0 unspecified atom stereocenters. The van der Waals surface area contributed by atoms with Crippen molar-refractivity contribution in [2.45, 2.75) is 19.5 Å². The predicted octanol–water partition coefficient (Wildman–Crippen LogP) is 2.23. The van der Waals surface area contributed by atoms with Crippen LogP contribution in [0.4, 0.5) is 13.2 Å². The van der Waals surface area contributed by atoms with Crippen molar-refractivity contribution in [3.8, 4) is 5.69 Å². The first-order chi connectivity index (χ1) is 9.25. The molecular weight excluding hydrogens is 271 g/mol. The molecule has 0 spiro atoms. The third kappa shape index (κ3) is 3.17. The summed E-state index contributed by atoms with van der Waals surface area (Å²) in [6, 6.07) is 3.42. The maximum absolute atomic E-state index is 12.9. The van der Waals surface area contributed by atoms with Gasteiger partial charge in [-0.15, -0.1) is 0 Å². The van der Waals surface area contributed by atoms with E-state index in [1.807, 2.05) is 0 Å². The minimum Gasteiger partial charge on any atom is -0.369 e. The molecule has 2 rings (SSSR count). The van der Waals surface area contributed by atoms with Crippen molar-refractivity contribution in [3.63, 3.8) is 0 Å². The number of imidazole rings is 1. The summed E-state index contributed by atoms with van der Waals surface area (Å²) in [7, 11) is 0. The van der Waals surface area contributed by atoms with Crippen molar-refractivity contribution >= 4 is 5.91 Å². The molecule has 7 heteroatoms. The molecule has 4 nitrogen and oxygen atoms in total. The fourth-order valence-corrected chi connectivity index (χ4v) is 1.85. The highest BCUT2D eigenvalue weighted by molar-refractivity contribution is 5.76. The summed E-state index contributed by atoms with van der Waals surface area (Å²) < 4.78 is 40.1. The van der Waals surface area contributed by atoms with Crippen LogP contribution in [-0.4, -0.2) is 15.5 Å². The molecule has 0 aliphatic rings. The van der Waals surface area contributed by atoms with Gasteiger partial charge in [-0.25, -0.2) is 4.98 Å². The Balaban J connectivity index is 2.53. The SMILES string of the molecule is Cc1cn(-c2cc(CC(N)=O)cc(C(F)(F)F)c2)cn1. The van der Waals surface area contributed by atoms with Gasteiger partial charge in [-0.2, -0.15) is 13.2 Å². The van der Waals surface area contributed by atoms with Crippen molar-refractivity contribution in [1.29, 1.82) is 0 Å². The summed E-state index contributed by atoms with van der Waals surface area (Å²) >= 11 is 0. The molecule has 1 amide bonds. The first-order valence-electron chi connectivity index (χ1n) is 5.76. The van der Waals surface area contributed by atoms with Crippen LogP contribution in [0.25, 0.3) is 5.69 Å². The summed E-state index contributed by atoms with van der Waals surface area (Å²) in [6.45, 7) is 1.73. The lowest BCUT2D eigenvalue weighted by atomic mass is 10.1. The Bertz CT molecular complexity index is 647. The number of aromatic nitrogens is 2. The van der Waals surface area contributed by atoms with E-state index in [4.69, 9.17) is 5.73 Å². The molecule has 0 saturated heterocycles. The summed E-state index contributed by atoms with van der Waals surface area (Å²) in [5.74, 6) is -0.683. The third-order valence-corrected chi connectivity index (χ3v) is 2.69. The number of alkyl halides is 3. The number of aryl methyl sites for hydroxylation is 1. The molecular formula is C13H12F3N3O. The maximum atomic E-state index is 12.9. The quantitative estimate of drug-likeness (QED) is 0.939. The monoisotopic (exact) mass is 283 g/mol. The smallest absolute Gasteiger partial charge is 0.369 e. The van der Waals surface area contributed by atoms with E-state index in [9.17, 15) is 18.0 Å². The molecule has 20 heavy (non-hydrogen) atoms. The van der Waals surface area contributed by atoms with Gasteiger partial charge in [-0.3, -0.25) is 4.79 Å². The highest BCUT2D eigenvalue weighted by Crippen LogP contribution is 2.31. The van der Waals surface area contributed by atoms with Gasteiger partial charge in [0, 0.05) is 11.9 Å². The van der Waals surface area contributed by atoms with Gasteiger partial charge < -0.3 is 10.3 Å². The lowest BCUT2D eigenvalue weighted by Gasteiger charge is -2.12. The van der Waals surface area contributed by atoms with Gasteiger partial charge in [0.1, 0.15) is 0 Å². The van der Waals surface area contributed by atoms with Gasteiger partial charge in [0.25, 0.3) is 0 Å². The largest absolute Gasteiger partial charge is 0.416 e. The average molecular weight is 283 g/mol. The van der Waals surface area contributed by atoms with Crippen LogP contribution in [0.1, 0.15) is 16.8 Å². The number of hydrogen-bond donors (Lipinski definition) is 1. The second-order valence-corrected chi connectivity index (χ2v) is 4.45. The number of primary amides is 1. The molecule has 0 fully saturated rings. The van der Waals surface area contributed by atoms with Gasteiger partial charge in [-0.05, 0) is 30.7 Å². The number of amides is 1. The van der Waals surface area contributed by atoms with E-state index in [0.29, 0.717) is 5.69 Å². The molecule has 0 bridgehead atoms. The molecule has 1 heterocycles. The minimum absolute atomic E-state index is 0.216. The first-order valence-corrected chi connectivity index (χ1v) is 5.76. The topological polar surface area (TPSA) is 60.9 Å². The molecule has 0 saturated carbocycles. The Morgan fingerprint density at radius 3 is 2.55 bits per heavy atom. The van der Waals surface area contributed by atoms with Crippen LogP contribution in [0.2, 0.25) is 0 Å². The Morgan fingerprint density at radius 1 is 1.35 bits per heavy atom. The first kappa shape index (κ1) is 14.1. The van der Waals surface area contributed by atoms with Crippen LogP contribution in [0, 0.1) is 6.92 Å². The molecule has 0 atom stereocenters. The third-order valence-electron chi connectivity index (χ3n) is 2.69.